The monoisotopic (exact) mass is 327 g/mol. The van der Waals surface area contributed by atoms with E-state index in [0.717, 1.165) is 27.2 Å². The smallest absolute Gasteiger partial charge is 0.264 e. The standard InChI is InChI=1S/C20H13N3O2/c1-11(24)21-13-9-12-5-4-6-14-18(12)15(10-13)20(25)23-17-8-3-2-7-16(17)22-19(14)23/h2-10H,1H3,(H,21,24). The van der Waals surface area contributed by atoms with E-state index in [1.165, 1.54) is 6.92 Å². The number of pyridine rings is 1. The molecule has 0 saturated heterocycles. The first-order chi connectivity index (χ1) is 12.1. The summed E-state index contributed by atoms with van der Waals surface area (Å²) in [6, 6.07) is 17.1. The molecule has 0 bridgehead atoms. The maximum Gasteiger partial charge on any atom is 0.264 e. The average Bonchev–Trinajstić information content (AvgIpc) is 2.98. The minimum Gasteiger partial charge on any atom is -0.326 e. The van der Waals surface area contributed by atoms with Crippen LogP contribution in [0.3, 0.4) is 0 Å². The van der Waals surface area contributed by atoms with Crippen molar-refractivity contribution in [1.29, 1.82) is 0 Å². The van der Waals surface area contributed by atoms with Crippen LogP contribution in [0.15, 0.2) is 59.4 Å². The Morgan fingerprint density at radius 1 is 1.04 bits per heavy atom. The van der Waals surface area contributed by atoms with Gasteiger partial charge in [-0.25, -0.2) is 4.98 Å². The van der Waals surface area contributed by atoms with Crippen LogP contribution in [-0.4, -0.2) is 15.3 Å². The number of rotatable bonds is 1. The molecule has 3 aromatic carbocycles. The van der Waals surface area contributed by atoms with E-state index in [9.17, 15) is 9.59 Å². The Hall–Kier alpha value is -3.47. The predicted octanol–water partition coefficient (Wildman–Crippen LogP) is 3.55. The maximum absolute atomic E-state index is 13.2. The second kappa shape index (κ2) is 4.77. The summed E-state index contributed by atoms with van der Waals surface area (Å²) < 4.78 is 1.66. The molecule has 0 atom stereocenters. The third-order valence-electron chi connectivity index (χ3n) is 4.53. The summed E-state index contributed by atoms with van der Waals surface area (Å²) in [5, 5.41) is 6.07. The van der Waals surface area contributed by atoms with Crippen LogP contribution in [0.2, 0.25) is 0 Å². The molecule has 0 aliphatic heterocycles. The molecule has 2 heterocycles. The summed E-state index contributed by atoms with van der Waals surface area (Å²) >= 11 is 0. The SMILES string of the molecule is CC(=O)Nc1cc2cccc3c2c(c1)c(=O)n1c2ccccc2nc31. The second-order valence-electron chi connectivity index (χ2n) is 6.17. The molecule has 0 aliphatic carbocycles. The topological polar surface area (TPSA) is 63.5 Å². The summed E-state index contributed by atoms with van der Waals surface area (Å²) in [5.41, 5.74) is 2.73. The van der Waals surface area contributed by atoms with Gasteiger partial charge in [0.15, 0.2) is 0 Å². The van der Waals surface area contributed by atoms with Crippen molar-refractivity contribution < 1.29 is 4.79 Å². The number of hydrogen-bond donors (Lipinski definition) is 1. The van der Waals surface area contributed by atoms with Gasteiger partial charge >= 0.3 is 0 Å². The molecule has 5 aromatic rings. The van der Waals surface area contributed by atoms with Crippen LogP contribution in [0.4, 0.5) is 5.69 Å². The zero-order valence-electron chi connectivity index (χ0n) is 13.4. The van der Waals surface area contributed by atoms with Gasteiger partial charge in [-0.1, -0.05) is 30.3 Å². The van der Waals surface area contributed by atoms with Gasteiger partial charge in [0.05, 0.1) is 16.4 Å². The molecule has 5 rings (SSSR count). The Morgan fingerprint density at radius 2 is 1.88 bits per heavy atom. The van der Waals surface area contributed by atoms with Crippen molar-refractivity contribution in [2.24, 2.45) is 0 Å². The lowest BCUT2D eigenvalue weighted by Gasteiger charge is -2.10. The minimum absolute atomic E-state index is 0.125. The number of benzene rings is 3. The Morgan fingerprint density at radius 3 is 2.72 bits per heavy atom. The Balaban J connectivity index is 2.07. The number of hydrogen-bond acceptors (Lipinski definition) is 3. The quantitative estimate of drug-likeness (QED) is 0.512. The number of amides is 1. The molecule has 5 heteroatoms. The number of anilines is 1. The van der Waals surface area contributed by atoms with Crippen LogP contribution in [0, 0.1) is 0 Å². The zero-order valence-corrected chi connectivity index (χ0v) is 13.4. The van der Waals surface area contributed by atoms with E-state index in [-0.39, 0.29) is 11.5 Å². The van der Waals surface area contributed by atoms with Crippen molar-refractivity contribution in [3.63, 3.8) is 0 Å². The number of carbonyl (C=O) groups excluding carboxylic acids is 1. The lowest BCUT2D eigenvalue weighted by atomic mass is 10.0. The third-order valence-corrected chi connectivity index (χ3v) is 4.53. The molecule has 0 unspecified atom stereocenters. The first-order valence-electron chi connectivity index (χ1n) is 8.00. The number of imidazole rings is 1. The lowest BCUT2D eigenvalue weighted by molar-refractivity contribution is -0.114. The number of nitrogens with one attached hydrogen (secondary N) is 1. The van der Waals surface area contributed by atoms with E-state index in [1.807, 2.05) is 48.5 Å². The second-order valence-corrected chi connectivity index (χ2v) is 6.17. The molecule has 0 fully saturated rings. The van der Waals surface area contributed by atoms with Crippen LogP contribution in [0.1, 0.15) is 6.92 Å². The molecule has 1 N–H and O–H groups in total. The lowest BCUT2D eigenvalue weighted by Crippen LogP contribution is -2.14. The van der Waals surface area contributed by atoms with Gasteiger partial charge < -0.3 is 5.32 Å². The van der Waals surface area contributed by atoms with Gasteiger partial charge in [0.2, 0.25) is 5.91 Å². The number of nitrogens with zero attached hydrogens (tertiary/aromatic N) is 2. The van der Waals surface area contributed by atoms with Gasteiger partial charge in [-0.2, -0.15) is 0 Å². The largest absolute Gasteiger partial charge is 0.326 e. The van der Waals surface area contributed by atoms with Gasteiger partial charge in [0.25, 0.3) is 5.56 Å². The fraction of sp³-hybridized carbons (Fsp3) is 0.0500. The van der Waals surface area contributed by atoms with E-state index in [4.69, 9.17) is 0 Å². The molecule has 0 radical (unpaired) electrons. The van der Waals surface area contributed by atoms with Gasteiger partial charge in [-0.3, -0.25) is 14.0 Å². The zero-order chi connectivity index (χ0) is 17.1. The summed E-state index contributed by atoms with van der Waals surface area (Å²) in [4.78, 5) is 29.3. The highest BCUT2D eigenvalue weighted by atomic mass is 16.1. The number of carbonyl (C=O) groups is 1. The summed E-state index contributed by atoms with van der Waals surface area (Å²) in [6.45, 7) is 1.45. The molecule has 120 valence electrons. The highest BCUT2D eigenvalue weighted by molar-refractivity contribution is 6.16. The van der Waals surface area contributed by atoms with Gasteiger partial charge in [0.1, 0.15) is 5.65 Å². The van der Waals surface area contributed by atoms with Crippen LogP contribution < -0.4 is 10.9 Å². The molecule has 1 amide bonds. The average molecular weight is 327 g/mol. The van der Waals surface area contributed by atoms with Crippen LogP contribution >= 0.6 is 0 Å². The van der Waals surface area contributed by atoms with Crippen molar-refractivity contribution in [2.45, 2.75) is 6.92 Å². The Labute approximate surface area is 141 Å². The molecule has 0 saturated carbocycles. The highest BCUT2D eigenvalue weighted by Crippen LogP contribution is 2.31. The summed E-state index contributed by atoms with van der Waals surface area (Å²) in [7, 11) is 0. The van der Waals surface area contributed by atoms with Crippen molar-refractivity contribution >= 4 is 49.8 Å². The van der Waals surface area contributed by atoms with Crippen LogP contribution in [-0.2, 0) is 4.79 Å². The van der Waals surface area contributed by atoms with Crippen molar-refractivity contribution in [3.8, 4) is 0 Å². The Kier molecular flexibility index (Phi) is 2.65. The number of para-hydroxylation sites is 2. The predicted molar refractivity (Wildman–Crippen MR) is 99.5 cm³/mol. The normalized spacial score (nSPS) is 11.7. The van der Waals surface area contributed by atoms with E-state index in [2.05, 4.69) is 10.3 Å². The van der Waals surface area contributed by atoms with E-state index >= 15 is 0 Å². The first-order valence-corrected chi connectivity index (χ1v) is 8.00. The van der Waals surface area contributed by atoms with E-state index in [1.54, 1.807) is 10.5 Å². The van der Waals surface area contributed by atoms with Crippen molar-refractivity contribution in [1.82, 2.24) is 9.38 Å². The Bertz CT molecular complexity index is 1370. The summed E-state index contributed by atoms with van der Waals surface area (Å²) in [6.07, 6.45) is 0. The van der Waals surface area contributed by atoms with Crippen molar-refractivity contribution in [2.75, 3.05) is 5.32 Å². The number of aromatic nitrogens is 2. The van der Waals surface area contributed by atoms with E-state index < -0.39 is 0 Å². The fourth-order valence-corrected chi connectivity index (χ4v) is 3.59. The van der Waals surface area contributed by atoms with Crippen molar-refractivity contribution in [3.05, 3.63) is 65.0 Å². The minimum atomic E-state index is -0.167. The molecule has 2 aromatic heterocycles. The maximum atomic E-state index is 13.2. The first kappa shape index (κ1) is 13.9. The third kappa shape index (κ3) is 1.86. The number of fused-ring (bicyclic) bond motifs is 4. The molecule has 5 nitrogen and oxygen atoms in total. The molecule has 25 heavy (non-hydrogen) atoms. The molecule has 0 aliphatic rings. The van der Waals surface area contributed by atoms with Crippen LogP contribution in [0.25, 0.3) is 38.2 Å². The summed E-state index contributed by atoms with van der Waals surface area (Å²) in [5.74, 6) is -0.167. The highest BCUT2D eigenvalue weighted by Gasteiger charge is 2.16. The van der Waals surface area contributed by atoms with Gasteiger partial charge in [-0.15, -0.1) is 0 Å². The molecular weight excluding hydrogens is 314 g/mol. The molecular formula is C20H13N3O2. The van der Waals surface area contributed by atoms with Gasteiger partial charge in [-0.05, 0) is 29.7 Å². The van der Waals surface area contributed by atoms with Crippen LogP contribution in [0.5, 0.6) is 0 Å². The molecule has 0 spiro atoms. The fourth-order valence-electron chi connectivity index (χ4n) is 3.59. The van der Waals surface area contributed by atoms with Gasteiger partial charge in [0, 0.05) is 23.4 Å². The van der Waals surface area contributed by atoms with E-state index in [0.29, 0.717) is 16.7 Å².